The summed E-state index contributed by atoms with van der Waals surface area (Å²) >= 11 is 8.72. The van der Waals surface area contributed by atoms with E-state index in [1.54, 1.807) is 6.20 Å². The Hall–Kier alpha value is -2.18. The zero-order chi connectivity index (χ0) is 16.9. The average molecular weight is 402 g/mol. The monoisotopic (exact) mass is 401 g/mol. The Morgan fingerprint density at radius 3 is 2.75 bits per heavy atom. The molecule has 0 fully saturated rings. The van der Waals surface area contributed by atoms with Gasteiger partial charge in [-0.15, -0.1) is 0 Å². The summed E-state index contributed by atoms with van der Waals surface area (Å²) in [5.74, 6) is 2.37. The minimum absolute atomic E-state index is 0.502. The fourth-order valence-electron chi connectivity index (χ4n) is 2.17. The highest BCUT2D eigenvalue weighted by Crippen LogP contribution is 2.21. The highest BCUT2D eigenvalue weighted by Gasteiger charge is 2.06. The summed E-state index contributed by atoms with van der Waals surface area (Å²) in [6.07, 6.45) is 1.75. The predicted molar refractivity (Wildman–Crippen MR) is 104 cm³/mol. The number of halogens is 1. The van der Waals surface area contributed by atoms with Gasteiger partial charge < -0.3 is 15.1 Å². The van der Waals surface area contributed by atoms with E-state index < -0.39 is 0 Å². The number of benzene rings is 1. The lowest BCUT2D eigenvalue weighted by Gasteiger charge is -2.09. The van der Waals surface area contributed by atoms with E-state index in [1.807, 2.05) is 55.5 Å². The van der Waals surface area contributed by atoms with E-state index in [0.29, 0.717) is 17.5 Å². The first-order valence-corrected chi connectivity index (χ1v) is 8.63. The van der Waals surface area contributed by atoms with Crippen molar-refractivity contribution < 1.29 is 4.42 Å². The minimum atomic E-state index is 0.502. The molecule has 4 nitrogen and oxygen atoms in total. The molecule has 0 aliphatic rings. The van der Waals surface area contributed by atoms with Gasteiger partial charge >= 0.3 is 0 Å². The molecule has 0 bridgehead atoms. The van der Waals surface area contributed by atoms with Crippen molar-refractivity contribution in [2.75, 3.05) is 5.32 Å². The Morgan fingerprint density at radius 1 is 1.21 bits per heavy atom. The molecular weight excluding hydrogens is 386 g/mol. The average Bonchev–Trinajstić information content (AvgIpc) is 3.06. The molecule has 1 aromatic carbocycles. The van der Waals surface area contributed by atoms with Crippen molar-refractivity contribution in [2.45, 2.75) is 13.5 Å². The quantitative estimate of drug-likeness (QED) is 0.608. The van der Waals surface area contributed by atoms with Gasteiger partial charge in [0, 0.05) is 16.2 Å². The van der Waals surface area contributed by atoms with Crippen LogP contribution in [0.25, 0.3) is 11.3 Å². The molecule has 3 aromatic rings. The molecule has 2 N–H and O–H groups in total. The number of aromatic nitrogens is 1. The maximum absolute atomic E-state index is 5.83. The summed E-state index contributed by atoms with van der Waals surface area (Å²) in [6.45, 7) is 2.51. The molecule has 0 saturated heterocycles. The topological polar surface area (TPSA) is 50.1 Å². The zero-order valence-electron chi connectivity index (χ0n) is 13.0. The van der Waals surface area contributed by atoms with Crippen LogP contribution in [0.1, 0.15) is 11.3 Å². The normalized spacial score (nSPS) is 10.4. The van der Waals surface area contributed by atoms with E-state index >= 15 is 0 Å². The number of thiocarbonyl (C=S) groups is 1. The molecule has 0 unspecified atom stereocenters. The number of pyridine rings is 1. The zero-order valence-corrected chi connectivity index (χ0v) is 15.4. The smallest absolute Gasteiger partial charge is 0.172 e. The van der Waals surface area contributed by atoms with Crippen molar-refractivity contribution in [2.24, 2.45) is 0 Å². The lowest BCUT2D eigenvalue weighted by molar-refractivity contribution is 0.516. The van der Waals surface area contributed by atoms with E-state index in [0.717, 1.165) is 27.1 Å². The Bertz CT molecular complexity index is 848. The molecule has 0 radical (unpaired) electrons. The van der Waals surface area contributed by atoms with Gasteiger partial charge in [0.15, 0.2) is 5.11 Å². The molecular formula is C18H16BrN3OS. The first-order chi connectivity index (χ1) is 11.6. The first-order valence-electron chi connectivity index (χ1n) is 7.43. The summed E-state index contributed by atoms with van der Waals surface area (Å²) in [5.41, 5.74) is 2.15. The Morgan fingerprint density at radius 2 is 2.00 bits per heavy atom. The lowest BCUT2D eigenvalue weighted by atomic mass is 10.2. The van der Waals surface area contributed by atoms with Gasteiger partial charge in [0.1, 0.15) is 17.3 Å². The molecule has 0 saturated carbocycles. The summed E-state index contributed by atoms with van der Waals surface area (Å²) in [7, 11) is 0. The number of rotatable bonds is 4. The van der Waals surface area contributed by atoms with Crippen LogP contribution in [0.3, 0.4) is 0 Å². The van der Waals surface area contributed by atoms with Gasteiger partial charge in [0.05, 0.1) is 6.54 Å². The standard InChI is InChI=1S/C18H16BrN3OS/c1-12-9-17(20-11-15(12)19)22-18(24)21-10-14-7-8-16(23-14)13-5-3-2-4-6-13/h2-9,11H,10H2,1H3,(H2,20,21,22,24). The van der Waals surface area contributed by atoms with E-state index in [-0.39, 0.29) is 0 Å². The molecule has 0 amide bonds. The Balaban J connectivity index is 1.56. The number of aryl methyl sites for hydroxylation is 1. The van der Waals surface area contributed by atoms with Gasteiger partial charge in [-0.05, 0) is 58.8 Å². The molecule has 0 spiro atoms. The molecule has 2 aromatic heterocycles. The van der Waals surface area contributed by atoms with E-state index in [2.05, 4.69) is 31.5 Å². The first kappa shape index (κ1) is 16.7. The third-order valence-corrected chi connectivity index (χ3v) is 4.51. The van der Waals surface area contributed by atoms with Gasteiger partial charge in [-0.25, -0.2) is 4.98 Å². The Labute approximate surface area is 154 Å². The number of furan rings is 1. The number of hydrogen-bond acceptors (Lipinski definition) is 3. The summed E-state index contributed by atoms with van der Waals surface area (Å²) in [6, 6.07) is 15.8. The largest absolute Gasteiger partial charge is 0.459 e. The van der Waals surface area contributed by atoms with Gasteiger partial charge in [-0.2, -0.15) is 0 Å². The van der Waals surface area contributed by atoms with Gasteiger partial charge in [0.2, 0.25) is 0 Å². The molecule has 3 rings (SSSR count). The van der Waals surface area contributed by atoms with Crippen molar-refractivity contribution in [3.8, 4) is 11.3 Å². The number of anilines is 1. The van der Waals surface area contributed by atoms with E-state index in [4.69, 9.17) is 16.6 Å². The van der Waals surface area contributed by atoms with Crippen LogP contribution in [0.2, 0.25) is 0 Å². The second-order valence-corrected chi connectivity index (χ2v) is 6.52. The summed E-state index contributed by atoms with van der Waals surface area (Å²) in [4.78, 5) is 4.27. The van der Waals surface area contributed by atoms with Crippen LogP contribution in [-0.2, 0) is 6.54 Å². The second kappa shape index (κ2) is 7.59. The fraction of sp³-hybridized carbons (Fsp3) is 0.111. The van der Waals surface area contributed by atoms with Crippen molar-refractivity contribution >= 4 is 39.1 Å². The predicted octanol–water partition coefficient (Wildman–Crippen LogP) is 4.90. The highest BCUT2D eigenvalue weighted by molar-refractivity contribution is 9.10. The van der Waals surface area contributed by atoms with Crippen molar-refractivity contribution in [1.82, 2.24) is 10.3 Å². The summed E-state index contributed by atoms with van der Waals surface area (Å²) < 4.78 is 6.80. The van der Waals surface area contributed by atoms with Crippen molar-refractivity contribution in [3.05, 3.63) is 70.5 Å². The van der Waals surface area contributed by atoms with E-state index in [9.17, 15) is 0 Å². The van der Waals surface area contributed by atoms with Gasteiger partial charge in [0.25, 0.3) is 0 Å². The van der Waals surface area contributed by atoms with Gasteiger partial charge in [-0.1, -0.05) is 30.3 Å². The van der Waals surface area contributed by atoms with Crippen LogP contribution in [0, 0.1) is 6.92 Å². The third-order valence-electron chi connectivity index (χ3n) is 3.43. The minimum Gasteiger partial charge on any atom is -0.459 e. The molecule has 2 heterocycles. The third kappa shape index (κ3) is 4.21. The maximum atomic E-state index is 5.83. The molecule has 24 heavy (non-hydrogen) atoms. The highest BCUT2D eigenvalue weighted by atomic mass is 79.9. The second-order valence-electron chi connectivity index (χ2n) is 5.26. The Kier molecular flexibility index (Phi) is 5.27. The fourth-order valence-corrected chi connectivity index (χ4v) is 2.56. The molecule has 122 valence electrons. The molecule has 0 aliphatic carbocycles. The lowest BCUT2D eigenvalue weighted by Crippen LogP contribution is -2.28. The molecule has 6 heteroatoms. The van der Waals surface area contributed by atoms with Crippen molar-refractivity contribution in [1.29, 1.82) is 0 Å². The number of nitrogens with zero attached hydrogens (tertiary/aromatic N) is 1. The number of hydrogen-bond donors (Lipinski definition) is 2. The van der Waals surface area contributed by atoms with Crippen molar-refractivity contribution in [3.63, 3.8) is 0 Å². The van der Waals surface area contributed by atoms with Crippen LogP contribution in [0.5, 0.6) is 0 Å². The van der Waals surface area contributed by atoms with Crippen LogP contribution in [0.15, 0.2) is 63.6 Å². The molecule has 0 atom stereocenters. The maximum Gasteiger partial charge on any atom is 0.172 e. The van der Waals surface area contributed by atoms with E-state index in [1.165, 1.54) is 0 Å². The molecule has 0 aliphatic heterocycles. The van der Waals surface area contributed by atoms with Crippen LogP contribution in [0.4, 0.5) is 5.82 Å². The summed E-state index contributed by atoms with van der Waals surface area (Å²) in [5, 5.41) is 6.69. The number of nitrogens with one attached hydrogen (secondary N) is 2. The van der Waals surface area contributed by atoms with Crippen LogP contribution >= 0.6 is 28.1 Å². The van der Waals surface area contributed by atoms with Gasteiger partial charge in [-0.3, -0.25) is 0 Å². The SMILES string of the molecule is Cc1cc(NC(=S)NCc2ccc(-c3ccccc3)o2)ncc1Br. The van der Waals surface area contributed by atoms with Crippen LogP contribution < -0.4 is 10.6 Å². The van der Waals surface area contributed by atoms with Crippen LogP contribution in [-0.4, -0.2) is 10.1 Å².